The van der Waals surface area contributed by atoms with E-state index >= 15 is 0 Å². The molecule has 0 radical (unpaired) electrons. The molecule has 0 aliphatic rings. The maximum atomic E-state index is 12.3. The zero-order valence-electron chi connectivity index (χ0n) is 48.1. The van der Waals surface area contributed by atoms with E-state index in [9.17, 15) is 72.5 Å². The van der Waals surface area contributed by atoms with Gasteiger partial charge >= 0.3 is 23.9 Å². The average molecular weight is 1180 g/mol. The number of anilines is 1. The Morgan fingerprint density at radius 1 is 0.494 bits per heavy atom. The molecule has 27 heteroatoms. The van der Waals surface area contributed by atoms with E-state index in [-0.39, 0.29) is 115 Å². The van der Waals surface area contributed by atoms with Crippen LogP contribution in [0.2, 0.25) is 0 Å². The van der Waals surface area contributed by atoms with Crippen LogP contribution in [0.15, 0.2) is 24.3 Å². The summed E-state index contributed by atoms with van der Waals surface area (Å²) in [6.07, 6.45) is 5.18. The fourth-order valence-corrected chi connectivity index (χ4v) is 7.44. The fourth-order valence-electron chi connectivity index (χ4n) is 7.44. The number of carboxylic acid groups (broad SMARTS) is 4. The van der Waals surface area contributed by atoms with Gasteiger partial charge in [-0.1, -0.05) is 20.3 Å². The van der Waals surface area contributed by atoms with E-state index in [1.54, 1.807) is 12.1 Å². The van der Waals surface area contributed by atoms with Gasteiger partial charge in [0.1, 0.15) is 36.9 Å². The van der Waals surface area contributed by atoms with Crippen molar-refractivity contribution < 1.29 is 102 Å². The SMILES string of the molecule is CCCNc1ccc(C(=O)NCCCC[C@H](NC(=O)COCCOCCCC(=O)CCC)C(N)=O)cc1.C[C@H](NC(=O)CC[C@H](CC(=O)COCCOCCNC(=O)CC[C@H](CC(=O)CCCCCC(=O)C(=O)O)C(=O)O)C(=O)O)C(=O)O. The minimum absolute atomic E-state index is 0.00167. The predicted molar refractivity (Wildman–Crippen MR) is 299 cm³/mol. The summed E-state index contributed by atoms with van der Waals surface area (Å²) < 4.78 is 21.1. The van der Waals surface area contributed by atoms with Crippen LogP contribution in [-0.2, 0) is 76.5 Å². The van der Waals surface area contributed by atoms with Gasteiger partial charge in [-0.3, -0.25) is 57.5 Å². The number of carboxylic acids is 4. The molecule has 0 saturated carbocycles. The Labute approximate surface area is 484 Å². The van der Waals surface area contributed by atoms with Gasteiger partial charge in [-0.2, -0.15) is 0 Å². The lowest BCUT2D eigenvalue weighted by Gasteiger charge is -2.15. The Morgan fingerprint density at radius 2 is 1.07 bits per heavy atom. The van der Waals surface area contributed by atoms with Gasteiger partial charge in [0.05, 0.1) is 44.9 Å². The average Bonchev–Trinajstić information content (AvgIpc) is 3.47. The van der Waals surface area contributed by atoms with Crippen LogP contribution in [0.4, 0.5) is 5.69 Å². The van der Waals surface area contributed by atoms with Crippen LogP contribution in [0.25, 0.3) is 0 Å². The lowest BCUT2D eigenvalue weighted by Crippen LogP contribution is -2.45. The molecule has 83 heavy (non-hydrogen) atoms. The number of nitrogens with one attached hydrogen (secondary N) is 5. The smallest absolute Gasteiger partial charge is 0.372 e. The number of amides is 5. The molecule has 1 rings (SSSR count). The van der Waals surface area contributed by atoms with Gasteiger partial charge in [-0.15, -0.1) is 0 Å². The molecule has 0 aromatic heterocycles. The molecule has 0 spiro atoms. The predicted octanol–water partition coefficient (Wildman–Crippen LogP) is 2.77. The molecule has 1 aromatic carbocycles. The highest BCUT2D eigenvalue weighted by Crippen LogP contribution is 2.17. The number of carbonyl (C=O) groups is 13. The number of hydrogen-bond acceptors (Lipinski definition) is 18. The van der Waals surface area contributed by atoms with E-state index in [0.29, 0.717) is 83.1 Å². The second kappa shape index (κ2) is 47.3. The standard InChI is InChI=1S/C29H44N2O15.C27H44N4O6/c1-18(26(37)38)31-25(36)10-8-20(28(41)42)16-22(33)17-46-14-13-45-12-11-30-24(35)9-7-19(27(39)40)15-21(32)5-3-2-4-6-23(34)29(43)44;1-3-8-23(32)9-7-17-36-18-19-37-20-25(33)31-24(26(28)34)10-5-6-16-30-27(35)21-11-13-22(14-12-21)29-15-4-2/h18-20H,2-17H2,1H3,(H,30,35)(H,31,36)(H,37,38)(H,39,40)(H,41,42)(H,43,44);11-14,24,29H,3-10,15-20H2,1-2H3,(H2,28,34)(H,30,35)(H,31,33)/t18-,19+,20+;24-/m00/s1. The zero-order chi connectivity index (χ0) is 62.4. The molecular weight excluding hydrogens is 1090 g/mol. The number of carbonyl (C=O) groups excluding carboxylic acids is 9. The first kappa shape index (κ1) is 75.8. The number of unbranched alkanes of at least 4 members (excludes halogenated alkanes) is 3. The Morgan fingerprint density at radius 3 is 1.66 bits per heavy atom. The number of Topliss-reactive ketones (excluding diaryl/α,β-unsaturated/α-hetero) is 4. The summed E-state index contributed by atoms with van der Waals surface area (Å²) >= 11 is 0. The molecule has 0 fully saturated rings. The van der Waals surface area contributed by atoms with Gasteiger partial charge in [0, 0.05) is 88.9 Å². The van der Waals surface area contributed by atoms with Crippen LogP contribution >= 0.6 is 0 Å². The number of aliphatic carboxylic acids is 4. The molecule has 4 atom stereocenters. The minimum Gasteiger partial charge on any atom is -0.481 e. The third-order valence-electron chi connectivity index (χ3n) is 12.1. The lowest BCUT2D eigenvalue weighted by molar-refractivity contribution is -0.149. The summed E-state index contributed by atoms with van der Waals surface area (Å²) in [5, 5.41) is 49.4. The second-order valence-corrected chi connectivity index (χ2v) is 19.4. The monoisotopic (exact) mass is 1180 g/mol. The zero-order valence-corrected chi connectivity index (χ0v) is 48.1. The van der Waals surface area contributed by atoms with Crippen LogP contribution < -0.4 is 32.3 Å². The van der Waals surface area contributed by atoms with Crippen LogP contribution in [0, 0.1) is 11.8 Å². The van der Waals surface area contributed by atoms with Crippen molar-refractivity contribution in [3.05, 3.63) is 29.8 Å². The third-order valence-corrected chi connectivity index (χ3v) is 12.1. The highest BCUT2D eigenvalue weighted by atomic mass is 16.5. The van der Waals surface area contributed by atoms with E-state index in [1.807, 2.05) is 19.1 Å². The minimum atomic E-state index is -1.50. The van der Waals surface area contributed by atoms with Gasteiger partial charge in [0.25, 0.3) is 5.91 Å². The van der Waals surface area contributed by atoms with Gasteiger partial charge in [0.2, 0.25) is 29.4 Å². The lowest BCUT2D eigenvalue weighted by atomic mass is 9.94. The van der Waals surface area contributed by atoms with Crippen molar-refractivity contribution in [1.82, 2.24) is 21.3 Å². The quantitative estimate of drug-likeness (QED) is 0.0331. The molecule has 27 nitrogen and oxygen atoms in total. The summed E-state index contributed by atoms with van der Waals surface area (Å²) in [6.45, 7) is 7.35. The first-order valence-electron chi connectivity index (χ1n) is 28.1. The first-order valence-corrected chi connectivity index (χ1v) is 28.1. The molecule has 0 heterocycles. The fraction of sp³-hybridized carbons (Fsp3) is 0.661. The van der Waals surface area contributed by atoms with Crippen molar-refractivity contribution in [1.29, 1.82) is 0 Å². The number of primary amides is 1. The highest BCUT2D eigenvalue weighted by Gasteiger charge is 2.25. The number of benzene rings is 1. The van der Waals surface area contributed by atoms with Crippen LogP contribution in [0.3, 0.4) is 0 Å². The molecule has 0 unspecified atom stereocenters. The van der Waals surface area contributed by atoms with Crippen molar-refractivity contribution in [2.24, 2.45) is 17.6 Å². The molecule has 1 aromatic rings. The van der Waals surface area contributed by atoms with Crippen molar-refractivity contribution in [3.8, 4) is 0 Å². The van der Waals surface area contributed by atoms with Crippen molar-refractivity contribution >= 4 is 82.2 Å². The van der Waals surface area contributed by atoms with Crippen molar-refractivity contribution in [2.75, 3.05) is 77.8 Å². The molecule has 0 bridgehead atoms. The van der Waals surface area contributed by atoms with Crippen LogP contribution in [0.5, 0.6) is 0 Å². The topological polar surface area (TPSA) is 426 Å². The molecule has 11 N–H and O–H groups in total. The van der Waals surface area contributed by atoms with E-state index in [2.05, 4.69) is 33.5 Å². The highest BCUT2D eigenvalue weighted by molar-refractivity contribution is 6.32. The number of ether oxygens (including phenoxy) is 4. The summed E-state index contributed by atoms with van der Waals surface area (Å²) in [7, 11) is 0. The molecule has 468 valence electrons. The number of nitrogens with two attached hydrogens (primary N) is 1. The Kier molecular flexibility index (Phi) is 43.2. The molecular formula is C56H88N6O21. The van der Waals surface area contributed by atoms with E-state index in [0.717, 1.165) is 25.1 Å². The van der Waals surface area contributed by atoms with Gasteiger partial charge in [-0.25, -0.2) is 4.79 Å². The third kappa shape index (κ3) is 41.4. The Bertz CT molecular complexity index is 2190. The summed E-state index contributed by atoms with van der Waals surface area (Å²) in [5.41, 5.74) is 6.97. The number of ketones is 4. The molecule has 0 aliphatic heterocycles. The maximum Gasteiger partial charge on any atom is 0.372 e. The number of rotatable bonds is 51. The van der Waals surface area contributed by atoms with Gasteiger partial charge < -0.3 is 71.7 Å². The molecule has 5 amide bonds. The Balaban J connectivity index is 0.00000166. The van der Waals surface area contributed by atoms with E-state index in [4.69, 9.17) is 34.9 Å². The summed E-state index contributed by atoms with van der Waals surface area (Å²) in [5.74, 6) is -11.2. The second-order valence-electron chi connectivity index (χ2n) is 19.4. The summed E-state index contributed by atoms with van der Waals surface area (Å²) in [4.78, 5) is 151. The van der Waals surface area contributed by atoms with E-state index in [1.165, 1.54) is 6.92 Å². The van der Waals surface area contributed by atoms with Crippen molar-refractivity contribution in [3.63, 3.8) is 0 Å². The van der Waals surface area contributed by atoms with Gasteiger partial charge in [-0.05, 0) is 95.4 Å². The normalized spacial score (nSPS) is 12.2. The molecule has 0 aliphatic carbocycles. The van der Waals surface area contributed by atoms with Crippen molar-refractivity contribution in [2.45, 2.75) is 155 Å². The number of hydrogen-bond donors (Lipinski definition) is 10. The first-order chi connectivity index (χ1) is 39.5. The van der Waals surface area contributed by atoms with Crippen LogP contribution in [0.1, 0.15) is 153 Å². The van der Waals surface area contributed by atoms with E-state index < -0.39 is 83.0 Å². The largest absolute Gasteiger partial charge is 0.481 e. The molecule has 0 saturated heterocycles. The summed E-state index contributed by atoms with van der Waals surface area (Å²) in [6, 6.07) is 5.37. The van der Waals surface area contributed by atoms with Crippen LogP contribution in [-0.4, -0.2) is 182 Å². The Hall–Kier alpha value is -7.23. The van der Waals surface area contributed by atoms with Gasteiger partial charge in [0.15, 0.2) is 5.78 Å². The maximum absolute atomic E-state index is 12.3.